The number of esters is 1. The molecule has 1 N–H and O–H groups in total. The van der Waals surface area contributed by atoms with Gasteiger partial charge in [-0.05, 0) is 6.42 Å². The Balaban J connectivity index is 2.35. The van der Waals surface area contributed by atoms with Crippen LogP contribution in [0.25, 0.3) is 0 Å². The number of carbonyl (C=O) groups excluding carboxylic acids is 1. The van der Waals surface area contributed by atoms with Gasteiger partial charge >= 0.3 is 5.97 Å². The van der Waals surface area contributed by atoms with Gasteiger partial charge in [0.25, 0.3) is 0 Å². The zero-order valence-corrected chi connectivity index (χ0v) is 10.2. The smallest absolute Gasteiger partial charge is 0.330 e. The second-order valence-electron chi connectivity index (χ2n) is 4.29. The number of rotatable bonds is 9. The first-order valence-electron chi connectivity index (χ1n) is 5.75. The lowest BCUT2D eigenvalue weighted by Crippen LogP contribution is -2.36. The molecule has 1 aliphatic heterocycles. The monoisotopic (exact) mass is 244 g/mol. The predicted molar refractivity (Wildman–Crippen MR) is 61.5 cm³/mol. The Morgan fingerprint density at radius 1 is 1.65 bits per heavy atom. The number of hydrogen-bond donors (Lipinski definition) is 1. The molecule has 0 radical (unpaired) electrons. The van der Waals surface area contributed by atoms with Crippen LogP contribution in [0.2, 0.25) is 0 Å². The van der Waals surface area contributed by atoms with E-state index in [1.54, 1.807) is 0 Å². The minimum Gasteiger partial charge on any atom is -0.462 e. The lowest BCUT2D eigenvalue weighted by molar-refractivity contribution is -0.144. The molecule has 17 heavy (non-hydrogen) atoms. The summed E-state index contributed by atoms with van der Waals surface area (Å²) in [6.45, 7) is 6.91. The van der Waals surface area contributed by atoms with Gasteiger partial charge < -0.3 is 19.3 Å². The van der Waals surface area contributed by atoms with Crippen molar-refractivity contribution in [3.05, 3.63) is 12.7 Å². The van der Waals surface area contributed by atoms with Gasteiger partial charge in [-0.15, -0.1) is 0 Å². The molecule has 0 bridgehead atoms. The molecular formula is C12H20O5. The van der Waals surface area contributed by atoms with Crippen LogP contribution in [-0.4, -0.2) is 50.2 Å². The molecule has 5 nitrogen and oxygen atoms in total. The van der Waals surface area contributed by atoms with Gasteiger partial charge in [0.15, 0.2) is 0 Å². The molecular weight excluding hydrogens is 224 g/mol. The normalized spacial score (nSPS) is 21.6. The molecule has 0 amide bonds. The summed E-state index contributed by atoms with van der Waals surface area (Å²) < 4.78 is 15.5. The molecule has 0 aliphatic carbocycles. The van der Waals surface area contributed by atoms with E-state index in [4.69, 9.17) is 14.2 Å². The summed E-state index contributed by atoms with van der Waals surface area (Å²) in [5, 5.41) is 9.41. The molecule has 2 unspecified atom stereocenters. The van der Waals surface area contributed by atoms with Crippen molar-refractivity contribution in [2.24, 2.45) is 5.41 Å². The molecule has 1 fully saturated rings. The van der Waals surface area contributed by atoms with Crippen LogP contribution < -0.4 is 0 Å². The highest BCUT2D eigenvalue weighted by molar-refractivity contribution is 5.81. The Morgan fingerprint density at radius 2 is 2.35 bits per heavy atom. The molecule has 0 saturated carbocycles. The summed E-state index contributed by atoms with van der Waals surface area (Å²) in [5.41, 5.74) is -0.534. The Hall–Kier alpha value is -0.910. The van der Waals surface area contributed by atoms with Crippen molar-refractivity contribution in [1.29, 1.82) is 0 Å². The molecule has 1 heterocycles. The minimum atomic E-state index is -0.534. The average molecular weight is 244 g/mol. The topological polar surface area (TPSA) is 68.3 Å². The molecule has 98 valence electrons. The van der Waals surface area contributed by atoms with E-state index in [0.29, 0.717) is 19.6 Å². The minimum absolute atomic E-state index is 0.0839. The highest BCUT2D eigenvalue weighted by Gasteiger charge is 2.31. The van der Waals surface area contributed by atoms with Crippen molar-refractivity contribution in [2.45, 2.75) is 19.4 Å². The highest BCUT2D eigenvalue weighted by Crippen LogP contribution is 2.23. The summed E-state index contributed by atoms with van der Waals surface area (Å²) in [6, 6.07) is 0. The van der Waals surface area contributed by atoms with Crippen molar-refractivity contribution in [3.8, 4) is 0 Å². The van der Waals surface area contributed by atoms with Crippen LogP contribution >= 0.6 is 0 Å². The second-order valence-corrected chi connectivity index (χ2v) is 4.29. The van der Waals surface area contributed by atoms with Crippen molar-refractivity contribution in [2.75, 3.05) is 33.0 Å². The maximum absolute atomic E-state index is 11.0. The van der Waals surface area contributed by atoms with Crippen molar-refractivity contribution < 1.29 is 24.1 Å². The van der Waals surface area contributed by atoms with E-state index in [1.807, 2.05) is 6.92 Å². The second kappa shape index (κ2) is 6.74. The Morgan fingerprint density at radius 3 is 2.82 bits per heavy atom. The molecule has 5 heteroatoms. The fourth-order valence-electron chi connectivity index (χ4n) is 1.30. The molecule has 1 saturated heterocycles. The third-order valence-corrected chi connectivity index (χ3v) is 2.89. The molecule has 0 aromatic carbocycles. The van der Waals surface area contributed by atoms with E-state index in [0.717, 1.165) is 12.7 Å². The van der Waals surface area contributed by atoms with Crippen LogP contribution in [0.3, 0.4) is 0 Å². The molecule has 0 aromatic rings. The number of epoxide rings is 1. The zero-order chi connectivity index (χ0) is 12.7. The van der Waals surface area contributed by atoms with Gasteiger partial charge in [-0.2, -0.15) is 0 Å². The highest BCUT2D eigenvalue weighted by atomic mass is 16.6. The van der Waals surface area contributed by atoms with Gasteiger partial charge in [0.05, 0.1) is 31.8 Å². The summed E-state index contributed by atoms with van der Waals surface area (Å²) >= 11 is 0. The van der Waals surface area contributed by atoms with Crippen LogP contribution in [0, 0.1) is 5.41 Å². The number of carbonyl (C=O) groups is 1. The molecule has 0 spiro atoms. The number of aliphatic hydroxyl groups excluding tert-OH is 1. The fourth-order valence-corrected chi connectivity index (χ4v) is 1.30. The first-order chi connectivity index (χ1) is 8.15. The van der Waals surface area contributed by atoms with Gasteiger partial charge in [0.1, 0.15) is 12.7 Å². The first-order valence-corrected chi connectivity index (χ1v) is 5.75. The summed E-state index contributed by atoms with van der Waals surface area (Å²) in [6.07, 6.45) is 1.97. The Labute approximate surface area is 101 Å². The number of hydrogen-bond acceptors (Lipinski definition) is 5. The summed E-state index contributed by atoms with van der Waals surface area (Å²) in [7, 11) is 0. The van der Waals surface area contributed by atoms with E-state index in [-0.39, 0.29) is 19.3 Å². The van der Waals surface area contributed by atoms with Crippen molar-refractivity contribution in [3.63, 3.8) is 0 Å². The lowest BCUT2D eigenvalue weighted by atomic mass is 9.88. The van der Waals surface area contributed by atoms with Crippen LogP contribution in [-0.2, 0) is 19.0 Å². The van der Waals surface area contributed by atoms with E-state index < -0.39 is 11.4 Å². The largest absolute Gasteiger partial charge is 0.462 e. The Bertz CT molecular complexity index is 256. The van der Waals surface area contributed by atoms with Crippen molar-refractivity contribution >= 4 is 5.97 Å². The van der Waals surface area contributed by atoms with E-state index in [2.05, 4.69) is 6.58 Å². The van der Waals surface area contributed by atoms with Crippen LogP contribution in [0.5, 0.6) is 0 Å². The van der Waals surface area contributed by atoms with Gasteiger partial charge in [0, 0.05) is 6.08 Å². The third kappa shape index (κ3) is 4.85. The zero-order valence-electron chi connectivity index (χ0n) is 10.2. The molecule has 1 aliphatic rings. The number of aliphatic hydroxyl groups is 1. The molecule has 1 rings (SSSR count). The van der Waals surface area contributed by atoms with Gasteiger partial charge in [0.2, 0.25) is 0 Å². The van der Waals surface area contributed by atoms with Crippen molar-refractivity contribution in [1.82, 2.24) is 0 Å². The standard InChI is InChI=1S/C12H20O5/c1-3-11(14)17-9-12(4-2,7-13)8-15-5-10-6-16-10/h3,10,13H,1,4-9H2,2H3. The van der Waals surface area contributed by atoms with E-state index >= 15 is 0 Å². The summed E-state index contributed by atoms with van der Waals surface area (Å²) in [4.78, 5) is 11.0. The fraction of sp³-hybridized carbons (Fsp3) is 0.750. The first kappa shape index (κ1) is 14.2. The predicted octanol–water partition coefficient (Wildman–Crippen LogP) is 0.520. The summed E-state index contributed by atoms with van der Waals surface area (Å²) in [5.74, 6) is -0.484. The average Bonchev–Trinajstić information content (AvgIpc) is 3.17. The Kier molecular flexibility index (Phi) is 5.61. The lowest BCUT2D eigenvalue weighted by Gasteiger charge is -2.29. The van der Waals surface area contributed by atoms with Crippen LogP contribution in [0.15, 0.2) is 12.7 Å². The maximum atomic E-state index is 11.0. The van der Waals surface area contributed by atoms with E-state index in [1.165, 1.54) is 0 Å². The van der Waals surface area contributed by atoms with E-state index in [9.17, 15) is 9.90 Å². The quantitative estimate of drug-likeness (QED) is 0.364. The van der Waals surface area contributed by atoms with Crippen LogP contribution in [0.4, 0.5) is 0 Å². The molecule has 2 atom stereocenters. The van der Waals surface area contributed by atoms with Gasteiger partial charge in [-0.1, -0.05) is 13.5 Å². The SMILES string of the molecule is C=CC(=O)OCC(CC)(CO)COCC1CO1. The van der Waals surface area contributed by atoms with Gasteiger partial charge in [-0.3, -0.25) is 0 Å². The maximum Gasteiger partial charge on any atom is 0.330 e. The van der Waals surface area contributed by atoms with Gasteiger partial charge in [-0.25, -0.2) is 4.79 Å². The third-order valence-electron chi connectivity index (χ3n) is 2.89. The number of ether oxygens (including phenoxy) is 3. The molecule has 0 aromatic heterocycles. The van der Waals surface area contributed by atoms with Crippen LogP contribution in [0.1, 0.15) is 13.3 Å².